The van der Waals surface area contributed by atoms with Gasteiger partial charge in [0.25, 0.3) is 0 Å². The second-order valence-corrected chi connectivity index (χ2v) is 5.64. The first-order valence-corrected chi connectivity index (χ1v) is 8.09. The van der Waals surface area contributed by atoms with Gasteiger partial charge in [-0.05, 0) is 35.9 Å². The van der Waals surface area contributed by atoms with E-state index in [1.165, 1.54) is 0 Å². The van der Waals surface area contributed by atoms with Crippen molar-refractivity contribution in [3.05, 3.63) is 66.4 Å². The first kappa shape index (κ1) is 17.1. The molecule has 0 saturated heterocycles. The van der Waals surface area contributed by atoms with Gasteiger partial charge in [0.15, 0.2) is 5.76 Å². The molecule has 6 nitrogen and oxygen atoms in total. The summed E-state index contributed by atoms with van der Waals surface area (Å²) in [5.41, 5.74) is 2.03. The SMILES string of the molecule is COc1ccc(-c2cnc(CN(CCO)Cc3cccnc3)o2)cc1. The minimum absolute atomic E-state index is 0.0757. The van der Waals surface area contributed by atoms with E-state index in [-0.39, 0.29) is 6.61 Å². The van der Waals surface area contributed by atoms with Crippen LogP contribution in [-0.4, -0.2) is 40.2 Å². The topological polar surface area (TPSA) is 71.6 Å². The van der Waals surface area contributed by atoms with Crippen molar-refractivity contribution >= 4 is 0 Å². The minimum Gasteiger partial charge on any atom is -0.497 e. The number of hydrogen-bond acceptors (Lipinski definition) is 6. The van der Waals surface area contributed by atoms with Crippen LogP contribution in [0.25, 0.3) is 11.3 Å². The highest BCUT2D eigenvalue weighted by molar-refractivity contribution is 5.57. The number of aliphatic hydroxyl groups excluding tert-OH is 1. The summed E-state index contributed by atoms with van der Waals surface area (Å²) >= 11 is 0. The highest BCUT2D eigenvalue weighted by atomic mass is 16.5. The Morgan fingerprint density at radius 1 is 1.12 bits per heavy atom. The molecule has 3 rings (SSSR count). The number of aliphatic hydroxyl groups is 1. The minimum atomic E-state index is 0.0757. The summed E-state index contributed by atoms with van der Waals surface area (Å²) in [5.74, 6) is 2.13. The van der Waals surface area contributed by atoms with Crippen LogP contribution in [0, 0.1) is 0 Å². The molecule has 3 aromatic rings. The highest BCUT2D eigenvalue weighted by Gasteiger charge is 2.12. The van der Waals surface area contributed by atoms with E-state index in [0.717, 1.165) is 16.9 Å². The van der Waals surface area contributed by atoms with Crippen molar-refractivity contribution in [1.82, 2.24) is 14.9 Å². The quantitative estimate of drug-likeness (QED) is 0.680. The predicted molar refractivity (Wildman–Crippen MR) is 93.9 cm³/mol. The van der Waals surface area contributed by atoms with E-state index in [4.69, 9.17) is 9.15 Å². The molecular weight excluding hydrogens is 318 g/mol. The van der Waals surface area contributed by atoms with E-state index < -0.39 is 0 Å². The molecule has 0 aliphatic heterocycles. The van der Waals surface area contributed by atoms with Gasteiger partial charge >= 0.3 is 0 Å². The zero-order chi connectivity index (χ0) is 17.5. The van der Waals surface area contributed by atoms with Crippen molar-refractivity contribution in [3.63, 3.8) is 0 Å². The molecule has 0 unspecified atom stereocenters. The average molecular weight is 339 g/mol. The van der Waals surface area contributed by atoms with Crippen molar-refractivity contribution in [1.29, 1.82) is 0 Å². The van der Waals surface area contributed by atoms with Crippen LogP contribution in [0.15, 0.2) is 59.4 Å². The third-order valence-corrected chi connectivity index (χ3v) is 3.83. The largest absolute Gasteiger partial charge is 0.497 e. The Bertz CT molecular complexity index is 772. The second kappa shape index (κ2) is 8.41. The van der Waals surface area contributed by atoms with Crippen molar-refractivity contribution < 1.29 is 14.3 Å². The number of oxazole rings is 1. The Labute approximate surface area is 146 Å². The van der Waals surface area contributed by atoms with Gasteiger partial charge in [0.05, 0.1) is 26.5 Å². The van der Waals surface area contributed by atoms with E-state index in [0.29, 0.717) is 31.3 Å². The number of hydrogen-bond donors (Lipinski definition) is 1. The summed E-state index contributed by atoms with van der Waals surface area (Å²) in [7, 11) is 1.64. The van der Waals surface area contributed by atoms with Crippen LogP contribution in [0.4, 0.5) is 0 Å². The van der Waals surface area contributed by atoms with Gasteiger partial charge in [-0.15, -0.1) is 0 Å². The molecule has 0 amide bonds. The number of rotatable bonds is 8. The molecule has 0 bridgehead atoms. The van der Waals surface area contributed by atoms with E-state index in [9.17, 15) is 5.11 Å². The van der Waals surface area contributed by atoms with Gasteiger partial charge in [0.2, 0.25) is 5.89 Å². The molecule has 1 N–H and O–H groups in total. The monoisotopic (exact) mass is 339 g/mol. The maximum absolute atomic E-state index is 9.31. The van der Waals surface area contributed by atoms with Gasteiger partial charge < -0.3 is 14.3 Å². The zero-order valence-electron chi connectivity index (χ0n) is 14.1. The predicted octanol–water partition coefficient (Wildman–Crippen LogP) is 2.74. The summed E-state index contributed by atoms with van der Waals surface area (Å²) in [6.07, 6.45) is 5.29. The van der Waals surface area contributed by atoms with Crippen molar-refractivity contribution in [2.45, 2.75) is 13.1 Å². The van der Waals surface area contributed by atoms with Crippen LogP contribution in [0.2, 0.25) is 0 Å². The molecule has 0 aliphatic rings. The molecule has 2 aromatic heterocycles. The molecule has 6 heteroatoms. The average Bonchev–Trinajstić information content (AvgIpc) is 3.11. The molecule has 0 radical (unpaired) electrons. The van der Waals surface area contributed by atoms with Gasteiger partial charge in [-0.3, -0.25) is 9.88 Å². The second-order valence-electron chi connectivity index (χ2n) is 5.64. The van der Waals surface area contributed by atoms with Gasteiger partial charge in [-0.1, -0.05) is 6.07 Å². The fraction of sp³-hybridized carbons (Fsp3) is 0.263. The smallest absolute Gasteiger partial charge is 0.209 e. The van der Waals surface area contributed by atoms with E-state index in [1.807, 2.05) is 42.6 Å². The fourth-order valence-electron chi connectivity index (χ4n) is 2.57. The zero-order valence-corrected chi connectivity index (χ0v) is 14.1. The summed E-state index contributed by atoms with van der Waals surface area (Å²) < 4.78 is 11.0. The summed E-state index contributed by atoms with van der Waals surface area (Å²) in [6.45, 7) is 1.81. The highest BCUT2D eigenvalue weighted by Crippen LogP contribution is 2.23. The molecule has 0 fully saturated rings. The Kier molecular flexibility index (Phi) is 5.77. The van der Waals surface area contributed by atoms with Crippen molar-refractivity contribution in [2.75, 3.05) is 20.3 Å². The number of methoxy groups -OCH3 is 1. The molecule has 0 spiro atoms. The van der Waals surface area contributed by atoms with Gasteiger partial charge in [0, 0.05) is 31.0 Å². The lowest BCUT2D eigenvalue weighted by Gasteiger charge is -2.19. The molecule has 1 aromatic carbocycles. The lowest BCUT2D eigenvalue weighted by molar-refractivity contribution is 0.172. The molecule has 0 aliphatic carbocycles. The van der Waals surface area contributed by atoms with E-state index in [1.54, 1.807) is 19.5 Å². The summed E-state index contributed by atoms with van der Waals surface area (Å²) in [5, 5.41) is 9.31. The van der Waals surface area contributed by atoms with Crippen molar-refractivity contribution in [2.24, 2.45) is 0 Å². The summed E-state index contributed by atoms with van der Waals surface area (Å²) in [6, 6.07) is 11.6. The maximum Gasteiger partial charge on any atom is 0.209 e. The van der Waals surface area contributed by atoms with Crippen LogP contribution in [-0.2, 0) is 13.1 Å². The summed E-state index contributed by atoms with van der Waals surface area (Å²) in [4.78, 5) is 10.6. The van der Waals surface area contributed by atoms with Crippen LogP contribution >= 0.6 is 0 Å². The molecule has 25 heavy (non-hydrogen) atoms. The fourth-order valence-corrected chi connectivity index (χ4v) is 2.57. The molecule has 130 valence electrons. The Morgan fingerprint density at radius 2 is 1.96 bits per heavy atom. The lowest BCUT2D eigenvalue weighted by atomic mass is 10.2. The first-order chi connectivity index (χ1) is 12.3. The number of pyridine rings is 1. The Balaban J connectivity index is 1.69. The van der Waals surface area contributed by atoms with E-state index >= 15 is 0 Å². The van der Waals surface area contributed by atoms with Gasteiger partial charge in [-0.2, -0.15) is 0 Å². The number of benzene rings is 1. The van der Waals surface area contributed by atoms with Crippen molar-refractivity contribution in [3.8, 4) is 17.1 Å². The molecule has 2 heterocycles. The van der Waals surface area contributed by atoms with Crippen LogP contribution in [0.5, 0.6) is 5.75 Å². The van der Waals surface area contributed by atoms with E-state index in [2.05, 4.69) is 14.9 Å². The van der Waals surface area contributed by atoms with Gasteiger partial charge in [0.1, 0.15) is 5.75 Å². The Morgan fingerprint density at radius 3 is 2.64 bits per heavy atom. The third-order valence-electron chi connectivity index (χ3n) is 3.83. The maximum atomic E-state index is 9.31. The number of ether oxygens (including phenoxy) is 1. The first-order valence-electron chi connectivity index (χ1n) is 8.09. The normalized spacial score (nSPS) is 11.0. The standard InChI is InChI=1S/C19H21N3O3/c1-24-17-6-4-16(5-7-17)18-12-21-19(25-18)14-22(9-10-23)13-15-3-2-8-20-11-15/h2-8,11-12,23H,9-10,13-14H2,1H3. The lowest BCUT2D eigenvalue weighted by Crippen LogP contribution is -2.26. The third kappa shape index (κ3) is 4.65. The van der Waals surface area contributed by atoms with Crippen LogP contribution < -0.4 is 4.74 Å². The van der Waals surface area contributed by atoms with Crippen LogP contribution in [0.1, 0.15) is 11.5 Å². The Hall–Kier alpha value is -2.70. The molecule has 0 atom stereocenters. The van der Waals surface area contributed by atoms with Crippen LogP contribution in [0.3, 0.4) is 0 Å². The number of nitrogens with zero attached hydrogens (tertiary/aromatic N) is 3. The molecular formula is C19H21N3O3. The van der Waals surface area contributed by atoms with Gasteiger partial charge in [-0.25, -0.2) is 4.98 Å². The molecule has 0 saturated carbocycles. The number of aromatic nitrogens is 2.